The summed E-state index contributed by atoms with van der Waals surface area (Å²) in [6.07, 6.45) is 2.80. The molecule has 0 fully saturated rings. The highest BCUT2D eigenvalue weighted by molar-refractivity contribution is 5.99. The van der Waals surface area contributed by atoms with Crippen molar-refractivity contribution in [2.75, 3.05) is 0 Å². The van der Waals surface area contributed by atoms with Crippen LogP contribution < -0.4 is 0 Å². The summed E-state index contributed by atoms with van der Waals surface area (Å²) in [6.45, 7) is 5.44. The molecule has 1 atom stereocenters. The zero-order chi connectivity index (χ0) is 12.7. The van der Waals surface area contributed by atoms with Gasteiger partial charge in [-0.05, 0) is 43.0 Å². The first-order chi connectivity index (χ1) is 8.70. The van der Waals surface area contributed by atoms with E-state index in [1.165, 1.54) is 23.0 Å². The number of aryl methyl sites for hydroxylation is 1. The Morgan fingerprint density at radius 1 is 1.39 bits per heavy atom. The normalized spacial score (nSPS) is 18.2. The van der Waals surface area contributed by atoms with Crippen molar-refractivity contribution in [1.82, 2.24) is 4.57 Å². The number of hydrogen-bond acceptors (Lipinski definition) is 1. The quantitative estimate of drug-likeness (QED) is 0.740. The molecule has 0 bridgehead atoms. The van der Waals surface area contributed by atoms with Crippen LogP contribution >= 0.6 is 0 Å². The van der Waals surface area contributed by atoms with Crippen LogP contribution in [0.15, 0.2) is 24.3 Å². The van der Waals surface area contributed by atoms with Gasteiger partial charge in [-0.3, -0.25) is 4.79 Å². The van der Waals surface area contributed by atoms with Gasteiger partial charge in [0.05, 0.1) is 0 Å². The van der Waals surface area contributed by atoms with Crippen molar-refractivity contribution >= 4 is 16.7 Å². The SMILES string of the molecule is CCCC(=O)c1ccc2c(c1)cc1n2CCC1C. The molecule has 18 heavy (non-hydrogen) atoms. The molecule has 1 aliphatic heterocycles. The second-order valence-corrected chi connectivity index (χ2v) is 5.36. The third-order valence-corrected chi connectivity index (χ3v) is 4.02. The van der Waals surface area contributed by atoms with Gasteiger partial charge in [0, 0.05) is 35.1 Å². The molecule has 2 aromatic rings. The summed E-state index contributed by atoms with van der Waals surface area (Å²) in [4.78, 5) is 11.9. The maximum atomic E-state index is 11.9. The number of carbonyl (C=O) groups is 1. The van der Waals surface area contributed by atoms with E-state index in [-0.39, 0.29) is 5.78 Å². The zero-order valence-electron chi connectivity index (χ0n) is 11.1. The second-order valence-electron chi connectivity index (χ2n) is 5.36. The smallest absolute Gasteiger partial charge is 0.162 e. The molecule has 2 nitrogen and oxygen atoms in total. The number of fused-ring (bicyclic) bond motifs is 3. The van der Waals surface area contributed by atoms with Crippen molar-refractivity contribution in [2.24, 2.45) is 0 Å². The van der Waals surface area contributed by atoms with Crippen molar-refractivity contribution in [1.29, 1.82) is 0 Å². The zero-order valence-corrected chi connectivity index (χ0v) is 11.1. The minimum Gasteiger partial charge on any atom is -0.344 e. The Hall–Kier alpha value is -1.57. The van der Waals surface area contributed by atoms with Crippen LogP contribution in [0, 0.1) is 0 Å². The first-order valence-corrected chi connectivity index (χ1v) is 6.87. The topological polar surface area (TPSA) is 22.0 Å². The lowest BCUT2D eigenvalue weighted by Gasteiger charge is -2.02. The van der Waals surface area contributed by atoms with E-state index in [0.717, 1.165) is 18.5 Å². The Morgan fingerprint density at radius 2 is 2.22 bits per heavy atom. The molecule has 1 unspecified atom stereocenters. The largest absolute Gasteiger partial charge is 0.344 e. The molecule has 0 aliphatic carbocycles. The van der Waals surface area contributed by atoms with Gasteiger partial charge in [-0.1, -0.05) is 13.8 Å². The summed E-state index contributed by atoms with van der Waals surface area (Å²) in [5.74, 6) is 0.908. The Labute approximate surface area is 108 Å². The van der Waals surface area contributed by atoms with Gasteiger partial charge in [0.15, 0.2) is 5.78 Å². The number of carbonyl (C=O) groups excluding carboxylic acids is 1. The molecular weight excluding hydrogens is 222 g/mol. The first kappa shape index (κ1) is 11.5. The van der Waals surface area contributed by atoms with E-state index in [1.807, 2.05) is 13.0 Å². The summed E-state index contributed by atoms with van der Waals surface area (Å²) < 4.78 is 2.40. The Balaban J connectivity index is 2.06. The molecule has 0 saturated heterocycles. The van der Waals surface area contributed by atoms with Crippen molar-refractivity contribution in [3.63, 3.8) is 0 Å². The van der Waals surface area contributed by atoms with Gasteiger partial charge in [-0.25, -0.2) is 0 Å². The minimum absolute atomic E-state index is 0.263. The van der Waals surface area contributed by atoms with Crippen LogP contribution in [0.4, 0.5) is 0 Å². The molecule has 1 aliphatic rings. The Kier molecular flexibility index (Phi) is 2.73. The molecule has 0 radical (unpaired) electrons. The summed E-state index contributed by atoms with van der Waals surface area (Å²) in [7, 11) is 0. The van der Waals surface area contributed by atoms with Gasteiger partial charge >= 0.3 is 0 Å². The van der Waals surface area contributed by atoms with E-state index in [4.69, 9.17) is 0 Å². The standard InChI is InChI=1S/C16H19NO/c1-3-4-16(18)12-5-6-14-13(9-12)10-15-11(2)7-8-17(14)15/h5-6,9-11H,3-4,7-8H2,1-2H3. The molecule has 1 aromatic heterocycles. The molecule has 2 heterocycles. The minimum atomic E-state index is 0.263. The fourth-order valence-electron chi connectivity index (χ4n) is 2.97. The van der Waals surface area contributed by atoms with Crippen molar-refractivity contribution < 1.29 is 4.79 Å². The number of hydrogen-bond donors (Lipinski definition) is 0. The Bertz CT molecular complexity index is 609. The second kappa shape index (κ2) is 4.27. The molecule has 0 spiro atoms. The predicted molar refractivity (Wildman–Crippen MR) is 74.2 cm³/mol. The molecule has 0 N–H and O–H groups in total. The lowest BCUT2D eigenvalue weighted by Crippen LogP contribution is -1.98. The first-order valence-electron chi connectivity index (χ1n) is 6.87. The van der Waals surface area contributed by atoms with Crippen LogP contribution in [0.3, 0.4) is 0 Å². The van der Waals surface area contributed by atoms with Gasteiger partial charge in [0.2, 0.25) is 0 Å². The van der Waals surface area contributed by atoms with Crippen molar-refractivity contribution in [2.45, 2.75) is 45.6 Å². The molecule has 2 heteroatoms. The number of ketones is 1. The molecule has 3 rings (SSSR count). The number of nitrogens with zero attached hydrogens (tertiary/aromatic N) is 1. The van der Waals surface area contributed by atoms with Crippen molar-refractivity contribution in [3.05, 3.63) is 35.5 Å². The highest BCUT2D eigenvalue weighted by atomic mass is 16.1. The van der Waals surface area contributed by atoms with Crippen LogP contribution in [0.2, 0.25) is 0 Å². The number of Topliss-reactive ketones (excluding diaryl/α,β-unsaturated/α-hetero) is 1. The van der Waals surface area contributed by atoms with E-state index in [9.17, 15) is 4.79 Å². The van der Waals surface area contributed by atoms with Crippen LogP contribution in [0.5, 0.6) is 0 Å². The summed E-state index contributed by atoms with van der Waals surface area (Å²) in [5.41, 5.74) is 3.56. The van der Waals surface area contributed by atoms with E-state index < -0.39 is 0 Å². The maximum Gasteiger partial charge on any atom is 0.162 e. The molecule has 1 aromatic carbocycles. The van der Waals surface area contributed by atoms with E-state index in [2.05, 4.69) is 29.7 Å². The van der Waals surface area contributed by atoms with Crippen LogP contribution in [0.1, 0.15) is 55.1 Å². The van der Waals surface area contributed by atoms with E-state index in [1.54, 1.807) is 0 Å². The molecule has 94 valence electrons. The van der Waals surface area contributed by atoms with E-state index in [0.29, 0.717) is 12.3 Å². The van der Waals surface area contributed by atoms with Gasteiger partial charge in [-0.2, -0.15) is 0 Å². The average molecular weight is 241 g/mol. The summed E-state index contributed by atoms with van der Waals surface area (Å²) in [5, 5.41) is 1.22. The van der Waals surface area contributed by atoms with Gasteiger partial charge in [-0.15, -0.1) is 0 Å². The van der Waals surface area contributed by atoms with E-state index >= 15 is 0 Å². The molecule has 0 amide bonds. The summed E-state index contributed by atoms with van der Waals surface area (Å²) >= 11 is 0. The van der Waals surface area contributed by atoms with Crippen molar-refractivity contribution in [3.8, 4) is 0 Å². The number of benzene rings is 1. The fraction of sp³-hybridized carbons (Fsp3) is 0.438. The van der Waals surface area contributed by atoms with Crippen LogP contribution in [0.25, 0.3) is 10.9 Å². The van der Waals surface area contributed by atoms with Crippen LogP contribution in [-0.4, -0.2) is 10.4 Å². The Morgan fingerprint density at radius 3 is 3.00 bits per heavy atom. The third kappa shape index (κ3) is 1.67. The fourth-order valence-corrected chi connectivity index (χ4v) is 2.97. The van der Waals surface area contributed by atoms with Crippen LogP contribution in [-0.2, 0) is 6.54 Å². The lowest BCUT2D eigenvalue weighted by atomic mass is 10.0. The number of aromatic nitrogens is 1. The van der Waals surface area contributed by atoms with Gasteiger partial charge in [0.1, 0.15) is 0 Å². The highest BCUT2D eigenvalue weighted by Gasteiger charge is 2.21. The number of rotatable bonds is 3. The predicted octanol–water partition coefficient (Wildman–Crippen LogP) is 4.13. The average Bonchev–Trinajstić information content (AvgIpc) is 2.89. The lowest BCUT2D eigenvalue weighted by molar-refractivity contribution is 0.0982. The van der Waals surface area contributed by atoms with Gasteiger partial charge in [0.25, 0.3) is 0 Å². The molecular formula is C16H19NO. The highest BCUT2D eigenvalue weighted by Crippen LogP contribution is 2.34. The molecule has 0 saturated carbocycles. The third-order valence-electron chi connectivity index (χ3n) is 4.02. The van der Waals surface area contributed by atoms with Gasteiger partial charge < -0.3 is 4.57 Å². The monoisotopic (exact) mass is 241 g/mol. The maximum absolute atomic E-state index is 11.9. The summed E-state index contributed by atoms with van der Waals surface area (Å²) in [6, 6.07) is 8.41.